The van der Waals surface area contributed by atoms with Crippen LogP contribution in [0.2, 0.25) is 0 Å². The van der Waals surface area contributed by atoms with Gasteiger partial charge >= 0.3 is 23.9 Å². The molecule has 4 aliphatic rings. The first kappa shape index (κ1) is 31.2. The minimum absolute atomic E-state index is 0.224. The molecule has 1 heterocycles. The first-order chi connectivity index (χ1) is 18.9. The van der Waals surface area contributed by atoms with Gasteiger partial charge in [0, 0.05) is 32.6 Å². The van der Waals surface area contributed by atoms with Gasteiger partial charge in [0.05, 0.1) is 11.8 Å². The molecule has 10 heteroatoms. The van der Waals surface area contributed by atoms with Crippen molar-refractivity contribution in [3.05, 3.63) is 11.6 Å². The molecule has 3 fully saturated rings. The maximum absolute atomic E-state index is 14.4. The van der Waals surface area contributed by atoms with Gasteiger partial charge in [-0.25, -0.2) is 0 Å². The summed E-state index contributed by atoms with van der Waals surface area (Å²) in [6, 6.07) is 0. The molecule has 0 aromatic heterocycles. The number of epoxide rings is 1. The van der Waals surface area contributed by atoms with Crippen LogP contribution in [-0.2, 0) is 47.7 Å². The third kappa shape index (κ3) is 5.00. The van der Waals surface area contributed by atoms with E-state index in [4.69, 9.17) is 23.7 Å². The molecule has 4 rings (SSSR count). The van der Waals surface area contributed by atoms with Crippen molar-refractivity contribution >= 4 is 29.7 Å². The van der Waals surface area contributed by atoms with E-state index in [0.717, 1.165) is 0 Å². The zero-order valence-electron chi connectivity index (χ0n) is 25.8. The van der Waals surface area contributed by atoms with Gasteiger partial charge in [-0.2, -0.15) is 0 Å². The SMILES string of the molecule is CCC(C)C(=O)OC1C(C)=CC23OC2(CC(C)C3OC(C)=O)C(=O)C(C)C(OC(C)=O)C2C(C1OC(C)=O)C2(C)C. The normalized spacial score (nSPS) is 41.2. The average molecular weight is 577 g/mol. The molecule has 0 aromatic rings. The van der Waals surface area contributed by atoms with Crippen LogP contribution in [0.1, 0.15) is 82.1 Å². The van der Waals surface area contributed by atoms with E-state index in [0.29, 0.717) is 18.4 Å². The Morgan fingerprint density at radius 3 is 2.02 bits per heavy atom. The third-order valence-electron chi connectivity index (χ3n) is 9.83. The molecule has 0 N–H and O–H groups in total. The molecule has 0 amide bonds. The van der Waals surface area contributed by atoms with Gasteiger partial charge in [0.25, 0.3) is 0 Å². The van der Waals surface area contributed by atoms with Crippen LogP contribution in [0.15, 0.2) is 11.6 Å². The fraction of sp³-hybridized carbons (Fsp3) is 0.774. The Balaban J connectivity index is 1.94. The Morgan fingerprint density at radius 2 is 1.49 bits per heavy atom. The lowest BCUT2D eigenvalue weighted by Gasteiger charge is -2.31. The number of fused-ring (bicyclic) bond motifs is 1. The molecule has 0 bridgehead atoms. The Labute approximate surface area is 241 Å². The van der Waals surface area contributed by atoms with Gasteiger partial charge in [-0.05, 0) is 42.7 Å². The number of hydrogen-bond acceptors (Lipinski definition) is 10. The summed E-state index contributed by atoms with van der Waals surface area (Å²) in [6.45, 7) is 16.8. The Hall–Kier alpha value is -2.75. The zero-order chi connectivity index (χ0) is 30.8. The molecule has 1 aliphatic heterocycles. The van der Waals surface area contributed by atoms with Crippen LogP contribution in [-0.4, -0.2) is 65.3 Å². The van der Waals surface area contributed by atoms with Gasteiger partial charge in [0.2, 0.25) is 0 Å². The van der Waals surface area contributed by atoms with Gasteiger partial charge < -0.3 is 23.7 Å². The van der Waals surface area contributed by atoms with E-state index >= 15 is 0 Å². The van der Waals surface area contributed by atoms with Crippen LogP contribution in [0.25, 0.3) is 0 Å². The molecule has 10 nitrogen and oxygen atoms in total. The van der Waals surface area contributed by atoms with Crippen molar-refractivity contribution in [1.82, 2.24) is 0 Å². The van der Waals surface area contributed by atoms with Crippen LogP contribution in [0, 0.1) is 35.0 Å². The van der Waals surface area contributed by atoms with Crippen LogP contribution < -0.4 is 0 Å². The number of carbonyl (C=O) groups is 5. The summed E-state index contributed by atoms with van der Waals surface area (Å²) in [6.07, 6.45) is -0.979. The quantitative estimate of drug-likeness (QED) is 0.199. The predicted octanol–water partition coefficient (Wildman–Crippen LogP) is 3.72. The molecule has 3 aliphatic carbocycles. The fourth-order valence-corrected chi connectivity index (χ4v) is 7.62. The second-order valence-corrected chi connectivity index (χ2v) is 13.2. The highest BCUT2D eigenvalue weighted by Gasteiger charge is 2.84. The fourth-order valence-electron chi connectivity index (χ4n) is 7.62. The summed E-state index contributed by atoms with van der Waals surface area (Å²) in [4.78, 5) is 64.5. The van der Waals surface area contributed by atoms with Crippen molar-refractivity contribution in [2.75, 3.05) is 0 Å². The van der Waals surface area contributed by atoms with Crippen LogP contribution >= 0.6 is 0 Å². The predicted molar refractivity (Wildman–Crippen MR) is 145 cm³/mol. The van der Waals surface area contributed by atoms with Gasteiger partial charge in [-0.15, -0.1) is 0 Å². The smallest absolute Gasteiger partial charge is 0.309 e. The molecule has 1 saturated heterocycles. The molecule has 11 atom stereocenters. The summed E-state index contributed by atoms with van der Waals surface area (Å²) < 4.78 is 30.0. The maximum atomic E-state index is 14.4. The van der Waals surface area contributed by atoms with Crippen molar-refractivity contribution in [3.63, 3.8) is 0 Å². The van der Waals surface area contributed by atoms with Crippen LogP contribution in [0.4, 0.5) is 0 Å². The van der Waals surface area contributed by atoms with E-state index < -0.39 is 82.7 Å². The number of Topliss-reactive ketones (excluding diaryl/α,β-unsaturated/α-hetero) is 1. The van der Waals surface area contributed by atoms with Crippen LogP contribution in [0.3, 0.4) is 0 Å². The largest absolute Gasteiger partial charge is 0.461 e. The summed E-state index contributed by atoms with van der Waals surface area (Å²) in [5, 5.41) is 0. The monoisotopic (exact) mass is 576 g/mol. The molecule has 41 heavy (non-hydrogen) atoms. The van der Waals surface area contributed by atoms with E-state index in [-0.39, 0.29) is 17.6 Å². The van der Waals surface area contributed by atoms with Gasteiger partial charge in [-0.1, -0.05) is 41.5 Å². The Morgan fingerprint density at radius 1 is 0.951 bits per heavy atom. The van der Waals surface area contributed by atoms with Gasteiger partial charge in [0.1, 0.15) is 18.3 Å². The van der Waals surface area contributed by atoms with E-state index in [1.165, 1.54) is 20.8 Å². The van der Waals surface area contributed by atoms with Crippen LogP contribution in [0.5, 0.6) is 0 Å². The standard InChI is InChI=1S/C31H44O10/c1-11-14(2)28(36)40-23-15(3)12-31-27(39-20(8)34)16(4)13-30(31,41-31)26(35)17(5)24(37-18(6)32)21-22(29(21,9)10)25(23)38-19(7)33/h12,14,16-17,21-25,27H,11,13H2,1-10H3. The molecule has 0 radical (unpaired) electrons. The van der Waals surface area contributed by atoms with Crippen molar-refractivity contribution in [2.45, 2.75) is 118 Å². The van der Waals surface area contributed by atoms with E-state index in [1.54, 1.807) is 26.8 Å². The number of ether oxygens (including phenoxy) is 5. The number of carbonyl (C=O) groups excluding carboxylic acids is 5. The topological polar surface area (TPSA) is 135 Å². The molecule has 228 valence electrons. The highest BCUT2D eigenvalue weighted by Crippen LogP contribution is 2.68. The second-order valence-electron chi connectivity index (χ2n) is 13.2. The lowest BCUT2D eigenvalue weighted by Crippen LogP contribution is -2.43. The third-order valence-corrected chi connectivity index (χ3v) is 9.83. The van der Waals surface area contributed by atoms with Crippen molar-refractivity contribution in [1.29, 1.82) is 0 Å². The van der Waals surface area contributed by atoms with Crippen molar-refractivity contribution < 1.29 is 47.7 Å². The van der Waals surface area contributed by atoms with Gasteiger partial charge in [-0.3, -0.25) is 24.0 Å². The lowest BCUT2D eigenvalue weighted by molar-refractivity contribution is -0.169. The maximum Gasteiger partial charge on any atom is 0.309 e. The first-order valence-corrected chi connectivity index (χ1v) is 14.6. The molecular formula is C31H44O10. The van der Waals surface area contributed by atoms with Crippen molar-refractivity contribution in [2.24, 2.45) is 35.0 Å². The van der Waals surface area contributed by atoms with E-state index in [1.807, 2.05) is 27.7 Å². The minimum Gasteiger partial charge on any atom is -0.461 e. The number of hydrogen-bond donors (Lipinski definition) is 0. The molecule has 0 aromatic carbocycles. The zero-order valence-corrected chi connectivity index (χ0v) is 25.8. The molecular weight excluding hydrogens is 532 g/mol. The van der Waals surface area contributed by atoms with E-state index in [9.17, 15) is 24.0 Å². The lowest BCUT2D eigenvalue weighted by atomic mass is 9.80. The Bertz CT molecular complexity index is 1170. The Kier molecular flexibility index (Phi) is 7.99. The summed E-state index contributed by atoms with van der Waals surface area (Å²) in [7, 11) is 0. The molecule has 11 unspecified atom stereocenters. The van der Waals surface area contributed by atoms with Crippen molar-refractivity contribution in [3.8, 4) is 0 Å². The highest BCUT2D eigenvalue weighted by atomic mass is 16.7. The summed E-state index contributed by atoms with van der Waals surface area (Å²) in [5.41, 5.74) is -2.63. The molecule has 0 spiro atoms. The average Bonchev–Trinajstić information content (AvgIpc) is 3.66. The second kappa shape index (κ2) is 10.5. The highest BCUT2D eigenvalue weighted by molar-refractivity contribution is 5.96. The number of rotatable bonds is 6. The summed E-state index contributed by atoms with van der Waals surface area (Å²) >= 11 is 0. The van der Waals surface area contributed by atoms with E-state index in [2.05, 4.69) is 0 Å². The number of ketones is 1. The number of esters is 4. The molecule has 2 saturated carbocycles. The minimum atomic E-state index is -1.31. The first-order valence-electron chi connectivity index (χ1n) is 14.6. The van der Waals surface area contributed by atoms with Gasteiger partial charge in [0.15, 0.2) is 23.1 Å². The summed E-state index contributed by atoms with van der Waals surface area (Å²) in [5.74, 6) is -4.48.